The average molecular weight is 303 g/mol. The highest BCUT2D eigenvalue weighted by atomic mass is 16.5. The Morgan fingerprint density at radius 3 is 2.05 bits per heavy atom. The van der Waals surface area contributed by atoms with Gasteiger partial charge in [-0.2, -0.15) is 0 Å². The van der Waals surface area contributed by atoms with Crippen LogP contribution in [0.3, 0.4) is 0 Å². The van der Waals surface area contributed by atoms with Gasteiger partial charge < -0.3 is 4.74 Å². The van der Waals surface area contributed by atoms with Crippen LogP contribution in [0.5, 0.6) is 0 Å². The summed E-state index contributed by atoms with van der Waals surface area (Å²) in [5.74, 6) is -3.24. The standard InChI is InChI=1S/C16H17NO5/c1-4-22-16(21)9(2)13(18)10(3)17-14(19)11-7-5-6-8-12(11)15(17)20/h5-10H,4H2,1-3H3/t9-,10+/m0/s1. The molecule has 0 N–H and O–H groups in total. The van der Waals surface area contributed by atoms with E-state index < -0.39 is 35.5 Å². The second-order valence-corrected chi connectivity index (χ2v) is 5.08. The van der Waals surface area contributed by atoms with E-state index >= 15 is 0 Å². The number of benzene rings is 1. The second kappa shape index (κ2) is 6.09. The Kier molecular flexibility index (Phi) is 4.40. The van der Waals surface area contributed by atoms with Gasteiger partial charge in [0, 0.05) is 0 Å². The fourth-order valence-corrected chi connectivity index (χ4v) is 2.43. The lowest BCUT2D eigenvalue weighted by Gasteiger charge is -2.23. The molecule has 0 aromatic heterocycles. The minimum absolute atomic E-state index is 0.165. The number of carbonyl (C=O) groups is 4. The largest absolute Gasteiger partial charge is 0.465 e. The van der Waals surface area contributed by atoms with Gasteiger partial charge >= 0.3 is 5.97 Å². The molecular formula is C16H17NO5. The molecule has 0 fully saturated rings. The van der Waals surface area contributed by atoms with E-state index in [1.54, 1.807) is 31.2 Å². The van der Waals surface area contributed by atoms with E-state index in [0.717, 1.165) is 4.90 Å². The van der Waals surface area contributed by atoms with Gasteiger partial charge in [0.05, 0.1) is 23.8 Å². The number of esters is 1. The van der Waals surface area contributed by atoms with Crippen molar-refractivity contribution in [3.8, 4) is 0 Å². The van der Waals surface area contributed by atoms with Gasteiger partial charge in [-0.05, 0) is 32.9 Å². The summed E-state index contributed by atoms with van der Waals surface area (Å²) in [4.78, 5) is 49.5. The monoisotopic (exact) mass is 303 g/mol. The molecule has 116 valence electrons. The Morgan fingerprint density at radius 1 is 1.09 bits per heavy atom. The summed E-state index contributed by atoms with van der Waals surface area (Å²) in [6, 6.07) is 5.37. The summed E-state index contributed by atoms with van der Waals surface area (Å²) in [7, 11) is 0. The number of fused-ring (bicyclic) bond motifs is 1. The van der Waals surface area contributed by atoms with Crippen molar-refractivity contribution in [2.45, 2.75) is 26.8 Å². The molecule has 1 aliphatic heterocycles. The molecule has 0 saturated carbocycles. The van der Waals surface area contributed by atoms with Crippen LogP contribution in [-0.4, -0.2) is 41.1 Å². The van der Waals surface area contributed by atoms with Gasteiger partial charge in [-0.1, -0.05) is 12.1 Å². The molecule has 1 aromatic carbocycles. The zero-order valence-electron chi connectivity index (χ0n) is 12.7. The summed E-state index contributed by atoms with van der Waals surface area (Å²) < 4.78 is 4.80. The minimum atomic E-state index is -1.03. The molecule has 22 heavy (non-hydrogen) atoms. The SMILES string of the molecule is CCOC(=O)[C@@H](C)C(=O)[C@@H](C)N1C(=O)c2ccccc2C1=O. The summed E-state index contributed by atoms with van der Waals surface area (Å²) in [6.45, 7) is 4.66. The van der Waals surface area contributed by atoms with Crippen molar-refractivity contribution in [3.63, 3.8) is 0 Å². The van der Waals surface area contributed by atoms with Gasteiger partial charge in [0.25, 0.3) is 11.8 Å². The number of amides is 2. The fraction of sp³-hybridized carbons (Fsp3) is 0.375. The number of rotatable bonds is 5. The van der Waals surface area contributed by atoms with E-state index in [-0.39, 0.29) is 17.7 Å². The summed E-state index contributed by atoms with van der Waals surface area (Å²) >= 11 is 0. The number of hydrogen-bond acceptors (Lipinski definition) is 5. The van der Waals surface area contributed by atoms with Crippen LogP contribution < -0.4 is 0 Å². The van der Waals surface area contributed by atoms with E-state index in [1.165, 1.54) is 13.8 Å². The smallest absolute Gasteiger partial charge is 0.316 e. The van der Waals surface area contributed by atoms with Crippen molar-refractivity contribution in [2.75, 3.05) is 6.61 Å². The first-order chi connectivity index (χ1) is 10.4. The second-order valence-electron chi connectivity index (χ2n) is 5.08. The maximum atomic E-state index is 12.3. The Labute approximate surface area is 128 Å². The van der Waals surface area contributed by atoms with E-state index in [4.69, 9.17) is 4.74 Å². The molecule has 6 nitrogen and oxygen atoms in total. The van der Waals surface area contributed by atoms with Crippen LogP contribution >= 0.6 is 0 Å². The maximum Gasteiger partial charge on any atom is 0.316 e. The van der Waals surface area contributed by atoms with E-state index in [2.05, 4.69) is 0 Å². The Bertz CT molecular complexity index is 617. The number of Topliss-reactive ketones (excluding diaryl/α,β-unsaturated/α-hetero) is 1. The van der Waals surface area contributed by atoms with Crippen LogP contribution in [0, 0.1) is 5.92 Å². The molecule has 2 rings (SSSR count). The molecule has 0 unspecified atom stereocenters. The molecular weight excluding hydrogens is 286 g/mol. The van der Waals surface area contributed by atoms with Gasteiger partial charge in [0.1, 0.15) is 5.92 Å². The number of ether oxygens (including phenoxy) is 1. The lowest BCUT2D eigenvalue weighted by atomic mass is 10.00. The van der Waals surface area contributed by atoms with Crippen molar-refractivity contribution in [2.24, 2.45) is 5.92 Å². The Hall–Kier alpha value is -2.50. The predicted octanol–water partition coefficient (Wildman–Crippen LogP) is 1.44. The quantitative estimate of drug-likeness (QED) is 0.467. The molecule has 0 bridgehead atoms. The molecule has 6 heteroatoms. The van der Waals surface area contributed by atoms with Gasteiger partial charge in [0.15, 0.2) is 5.78 Å². The minimum Gasteiger partial charge on any atom is -0.465 e. The third kappa shape index (κ3) is 2.52. The van der Waals surface area contributed by atoms with Gasteiger partial charge in [-0.25, -0.2) is 0 Å². The average Bonchev–Trinajstić information content (AvgIpc) is 2.77. The molecule has 0 radical (unpaired) electrons. The first-order valence-electron chi connectivity index (χ1n) is 7.07. The highest BCUT2D eigenvalue weighted by molar-refractivity contribution is 6.23. The summed E-state index contributed by atoms with van der Waals surface area (Å²) in [6.07, 6.45) is 0. The van der Waals surface area contributed by atoms with Crippen LogP contribution in [0.2, 0.25) is 0 Å². The zero-order chi connectivity index (χ0) is 16.4. The van der Waals surface area contributed by atoms with Crippen molar-refractivity contribution >= 4 is 23.6 Å². The molecule has 0 spiro atoms. The Balaban J connectivity index is 2.23. The molecule has 2 atom stereocenters. The maximum absolute atomic E-state index is 12.3. The van der Waals surface area contributed by atoms with Crippen LogP contribution in [0.4, 0.5) is 0 Å². The normalized spacial score (nSPS) is 16.2. The zero-order valence-corrected chi connectivity index (χ0v) is 12.7. The molecule has 0 saturated heterocycles. The number of nitrogens with zero attached hydrogens (tertiary/aromatic N) is 1. The van der Waals surface area contributed by atoms with Crippen molar-refractivity contribution in [1.29, 1.82) is 0 Å². The first kappa shape index (κ1) is 15.9. The molecule has 2 amide bonds. The van der Waals surface area contributed by atoms with Crippen LogP contribution in [0.25, 0.3) is 0 Å². The van der Waals surface area contributed by atoms with Gasteiger partial charge in [-0.15, -0.1) is 0 Å². The first-order valence-corrected chi connectivity index (χ1v) is 7.07. The van der Waals surface area contributed by atoms with E-state index in [9.17, 15) is 19.2 Å². The van der Waals surface area contributed by atoms with E-state index in [1.807, 2.05) is 0 Å². The van der Waals surface area contributed by atoms with Crippen LogP contribution in [-0.2, 0) is 14.3 Å². The lowest BCUT2D eigenvalue weighted by molar-refractivity contribution is -0.151. The molecule has 1 heterocycles. The van der Waals surface area contributed by atoms with E-state index in [0.29, 0.717) is 0 Å². The van der Waals surface area contributed by atoms with Crippen molar-refractivity contribution in [3.05, 3.63) is 35.4 Å². The predicted molar refractivity (Wildman–Crippen MR) is 77.2 cm³/mol. The molecule has 0 aliphatic carbocycles. The number of imide groups is 1. The summed E-state index contributed by atoms with van der Waals surface area (Å²) in [5, 5.41) is 0. The number of ketones is 1. The van der Waals surface area contributed by atoms with Crippen molar-refractivity contribution < 1.29 is 23.9 Å². The number of carbonyl (C=O) groups excluding carboxylic acids is 4. The molecule has 1 aliphatic rings. The lowest BCUT2D eigenvalue weighted by Crippen LogP contribution is -2.46. The topological polar surface area (TPSA) is 80.8 Å². The van der Waals surface area contributed by atoms with Crippen LogP contribution in [0.15, 0.2) is 24.3 Å². The van der Waals surface area contributed by atoms with Crippen molar-refractivity contribution in [1.82, 2.24) is 4.90 Å². The third-order valence-electron chi connectivity index (χ3n) is 3.69. The highest BCUT2D eigenvalue weighted by Gasteiger charge is 2.42. The Morgan fingerprint density at radius 2 is 1.59 bits per heavy atom. The van der Waals surface area contributed by atoms with Gasteiger partial charge in [-0.3, -0.25) is 24.1 Å². The summed E-state index contributed by atoms with van der Waals surface area (Å²) in [5.41, 5.74) is 0.548. The fourth-order valence-electron chi connectivity index (χ4n) is 2.43. The van der Waals surface area contributed by atoms with Crippen LogP contribution in [0.1, 0.15) is 41.5 Å². The molecule has 1 aromatic rings. The highest BCUT2D eigenvalue weighted by Crippen LogP contribution is 2.25. The number of hydrogen-bond donors (Lipinski definition) is 0. The van der Waals surface area contributed by atoms with Gasteiger partial charge in [0.2, 0.25) is 0 Å². The third-order valence-corrected chi connectivity index (χ3v) is 3.69.